The van der Waals surface area contributed by atoms with E-state index in [0.29, 0.717) is 29.2 Å². The number of benzene rings is 1. The van der Waals surface area contributed by atoms with Crippen molar-refractivity contribution in [2.45, 2.75) is 31.9 Å². The fourth-order valence-corrected chi connectivity index (χ4v) is 4.07. The molecule has 2 heterocycles. The number of nitrogens with one attached hydrogen (secondary N) is 1. The lowest BCUT2D eigenvalue weighted by molar-refractivity contribution is -0.116. The zero-order valence-corrected chi connectivity index (χ0v) is 16.6. The highest BCUT2D eigenvalue weighted by Crippen LogP contribution is 2.21. The van der Waals surface area contributed by atoms with Gasteiger partial charge >= 0.3 is 0 Å². The van der Waals surface area contributed by atoms with E-state index in [0.717, 1.165) is 32.5 Å². The van der Waals surface area contributed by atoms with Gasteiger partial charge in [0.2, 0.25) is 5.91 Å². The van der Waals surface area contributed by atoms with Gasteiger partial charge in [-0.05, 0) is 42.5 Å². The van der Waals surface area contributed by atoms with Crippen LogP contribution in [0.2, 0.25) is 5.02 Å². The van der Waals surface area contributed by atoms with Crippen LogP contribution in [0.3, 0.4) is 0 Å². The molecule has 1 aromatic carbocycles. The Morgan fingerprint density at radius 2 is 2.33 bits per heavy atom. The molecule has 2 aromatic rings. The molecule has 0 bridgehead atoms. The third kappa shape index (κ3) is 6.05. The minimum absolute atomic E-state index is 0.0701. The van der Waals surface area contributed by atoms with Crippen molar-refractivity contribution in [1.29, 1.82) is 5.26 Å². The monoisotopic (exact) mass is 403 g/mol. The molecule has 1 unspecified atom stereocenters. The van der Waals surface area contributed by atoms with E-state index in [4.69, 9.17) is 21.6 Å². The third-order valence-corrected chi connectivity index (χ3v) is 5.65. The fourth-order valence-electron chi connectivity index (χ4n) is 3.10. The average Bonchev–Trinajstić information content (AvgIpc) is 3.34. The van der Waals surface area contributed by atoms with E-state index in [9.17, 15) is 4.79 Å². The summed E-state index contributed by atoms with van der Waals surface area (Å²) < 4.78 is 5.76. The summed E-state index contributed by atoms with van der Waals surface area (Å²) in [7, 11) is 0. The molecule has 1 aromatic heterocycles. The Labute approximate surface area is 168 Å². The second-order valence-corrected chi connectivity index (χ2v) is 7.99. The first-order chi connectivity index (χ1) is 13.1. The van der Waals surface area contributed by atoms with Gasteiger partial charge in [-0.1, -0.05) is 17.7 Å². The first-order valence-electron chi connectivity index (χ1n) is 9.00. The minimum atomic E-state index is -0.0701. The van der Waals surface area contributed by atoms with Crippen molar-refractivity contribution in [2.24, 2.45) is 0 Å². The molecule has 27 heavy (non-hydrogen) atoms. The van der Waals surface area contributed by atoms with Crippen molar-refractivity contribution in [2.75, 3.05) is 25.0 Å². The van der Waals surface area contributed by atoms with Gasteiger partial charge in [0.15, 0.2) is 0 Å². The molecule has 1 saturated heterocycles. The van der Waals surface area contributed by atoms with Crippen LogP contribution in [-0.4, -0.2) is 36.6 Å². The summed E-state index contributed by atoms with van der Waals surface area (Å²) in [6, 6.07) is 11.1. The van der Waals surface area contributed by atoms with E-state index in [1.54, 1.807) is 29.5 Å². The summed E-state index contributed by atoms with van der Waals surface area (Å²) in [5.41, 5.74) is 1.00. The molecule has 0 spiro atoms. The zero-order valence-electron chi connectivity index (χ0n) is 15.0. The number of hydrogen-bond donors (Lipinski definition) is 1. The molecule has 1 atom stereocenters. The first kappa shape index (κ1) is 19.8. The van der Waals surface area contributed by atoms with Crippen LogP contribution in [0.4, 0.5) is 5.69 Å². The van der Waals surface area contributed by atoms with Gasteiger partial charge in [-0.25, -0.2) is 0 Å². The number of thiophene rings is 1. The molecule has 3 rings (SSSR count). The summed E-state index contributed by atoms with van der Waals surface area (Å²) in [6.45, 7) is 3.16. The Bertz CT molecular complexity index is 798. The number of ether oxygens (including phenoxy) is 1. The number of hydrogen-bond acceptors (Lipinski definition) is 5. The van der Waals surface area contributed by atoms with Crippen LogP contribution in [0.15, 0.2) is 35.7 Å². The molecular weight excluding hydrogens is 382 g/mol. The molecule has 0 saturated carbocycles. The minimum Gasteiger partial charge on any atom is -0.377 e. The van der Waals surface area contributed by atoms with E-state index in [2.05, 4.69) is 21.7 Å². The average molecular weight is 404 g/mol. The summed E-state index contributed by atoms with van der Waals surface area (Å²) in [6.07, 6.45) is 2.83. The van der Waals surface area contributed by atoms with Gasteiger partial charge in [0.25, 0.3) is 0 Å². The maximum Gasteiger partial charge on any atom is 0.225 e. The normalized spacial score (nSPS) is 16.4. The van der Waals surface area contributed by atoms with Crippen LogP contribution in [0, 0.1) is 11.3 Å². The van der Waals surface area contributed by atoms with Gasteiger partial charge in [0.1, 0.15) is 6.07 Å². The number of carbonyl (C=O) groups is 1. The Hall–Kier alpha value is -1.91. The first-order valence-corrected chi connectivity index (χ1v) is 10.3. The Balaban J connectivity index is 1.54. The second kappa shape index (κ2) is 9.86. The summed E-state index contributed by atoms with van der Waals surface area (Å²) in [5, 5.41) is 14.2. The maximum atomic E-state index is 12.3. The van der Waals surface area contributed by atoms with Crippen LogP contribution in [0.25, 0.3) is 0 Å². The van der Waals surface area contributed by atoms with E-state index in [-0.39, 0.29) is 12.0 Å². The van der Waals surface area contributed by atoms with Crippen molar-refractivity contribution in [3.8, 4) is 6.07 Å². The molecule has 1 amide bonds. The highest BCUT2D eigenvalue weighted by molar-refractivity contribution is 7.09. The Kier molecular flexibility index (Phi) is 7.25. The van der Waals surface area contributed by atoms with Crippen molar-refractivity contribution in [3.05, 3.63) is 51.2 Å². The van der Waals surface area contributed by atoms with Gasteiger partial charge < -0.3 is 10.1 Å². The van der Waals surface area contributed by atoms with E-state index in [1.165, 1.54) is 4.88 Å². The van der Waals surface area contributed by atoms with Gasteiger partial charge in [-0.15, -0.1) is 11.3 Å². The predicted molar refractivity (Wildman–Crippen MR) is 108 cm³/mol. The summed E-state index contributed by atoms with van der Waals surface area (Å²) >= 11 is 7.75. The number of halogens is 1. The molecule has 0 aliphatic carbocycles. The van der Waals surface area contributed by atoms with Crippen LogP contribution >= 0.6 is 22.9 Å². The molecule has 7 heteroatoms. The SMILES string of the molecule is N#Cc1ccc(NC(=O)CCN(Cc2cccs2)CC2CCCO2)cc1Cl. The molecule has 0 radical (unpaired) electrons. The number of amides is 1. The van der Waals surface area contributed by atoms with Crippen LogP contribution in [0.1, 0.15) is 29.7 Å². The molecule has 1 aliphatic heterocycles. The lowest BCUT2D eigenvalue weighted by Gasteiger charge is -2.24. The zero-order chi connectivity index (χ0) is 19.1. The molecule has 5 nitrogen and oxygen atoms in total. The van der Waals surface area contributed by atoms with E-state index < -0.39 is 0 Å². The van der Waals surface area contributed by atoms with Crippen molar-refractivity contribution in [3.63, 3.8) is 0 Å². The second-order valence-electron chi connectivity index (χ2n) is 6.55. The third-order valence-electron chi connectivity index (χ3n) is 4.47. The number of anilines is 1. The van der Waals surface area contributed by atoms with Gasteiger partial charge in [-0.3, -0.25) is 9.69 Å². The number of rotatable bonds is 8. The number of carbonyl (C=O) groups excluding carboxylic acids is 1. The van der Waals surface area contributed by atoms with Crippen LogP contribution in [0.5, 0.6) is 0 Å². The van der Waals surface area contributed by atoms with Gasteiger partial charge in [0, 0.05) is 43.2 Å². The topological polar surface area (TPSA) is 65.4 Å². The number of nitrogens with zero attached hydrogens (tertiary/aromatic N) is 2. The molecule has 1 aliphatic rings. The van der Waals surface area contributed by atoms with Crippen molar-refractivity contribution in [1.82, 2.24) is 4.90 Å². The fraction of sp³-hybridized carbons (Fsp3) is 0.400. The summed E-state index contributed by atoms with van der Waals surface area (Å²) in [4.78, 5) is 15.9. The smallest absolute Gasteiger partial charge is 0.225 e. The van der Waals surface area contributed by atoms with E-state index in [1.807, 2.05) is 12.1 Å². The van der Waals surface area contributed by atoms with Gasteiger partial charge in [0.05, 0.1) is 16.7 Å². The van der Waals surface area contributed by atoms with Crippen molar-refractivity contribution < 1.29 is 9.53 Å². The highest BCUT2D eigenvalue weighted by atomic mass is 35.5. The van der Waals surface area contributed by atoms with Crippen LogP contribution < -0.4 is 5.32 Å². The van der Waals surface area contributed by atoms with Crippen molar-refractivity contribution >= 4 is 34.5 Å². The number of nitriles is 1. The van der Waals surface area contributed by atoms with Crippen LogP contribution in [-0.2, 0) is 16.1 Å². The molecule has 142 valence electrons. The largest absolute Gasteiger partial charge is 0.377 e. The standard InChI is InChI=1S/C20H22ClN3O2S/c21-19-11-16(6-5-15(19)12-22)23-20(25)7-8-24(13-17-3-1-9-26-17)14-18-4-2-10-27-18/h2,4-6,10-11,17H,1,3,7-9,13-14H2,(H,23,25). The molecule has 1 fully saturated rings. The lowest BCUT2D eigenvalue weighted by atomic mass is 10.2. The quantitative estimate of drug-likeness (QED) is 0.714. The molecular formula is C20H22ClN3O2S. The lowest BCUT2D eigenvalue weighted by Crippen LogP contribution is -2.34. The van der Waals surface area contributed by atoms with E-state index >= 15 is 0 Å². The highest BCUT2D eigenvalue weighted by Gasteiger charge is 2.20. The molecule has 1 N–H and O–H groups in total. The maximum absolute atomic E-state index is 12.3. The Morgan fingerprint density at radius 1 is 1.44 bits per heavy atom. The predicted octanol–water partition coefficient (Wildman–Crippen LogP) is 4.28. The van der Waals surface area contributed by atoms with Gasteiger partial charge in [-0.2, -0.15) is 5.26 Å². The summed E-state index contributed by atoms with van der Waals surface area (Å²) in [5.74, 6) is -0.0701. The Morgan fingerprint density at radius 3 is 3.00 bits per heavy atom.